The molecule has 13 heavy (non-hydrogen) atoms. The standard InChI is InChI=1S/C10H10N2O/c1-6(13)7-5-12-9-4-2-3-8(11)10(7)9/h2-5,12H,11H2,1H3. The Balaban J connectivity index is 2.86. The lowest BCUT2D eigenvalue weighted by Gasteiger charge is -1.97. The van der Waals surface area contributed by atoms with E-state index in [9.17, 15) is 4.79 Å². The molecule has 1 aromatic carbocycles. The lowest BCUT2D eigenvalue weighted by atomic mass is 10.1. The van der Waals surface area contributed by atoms with Crippen molar-refractivity contribution in [2.45, 2.75) is 6.92 Å². The van der Waals surface area contributed by atoms with E-state index in [4.69, 9.17) is 5.73 Å². The molecule has 0 aliphatic rings. The summed E-state index contributed by atoms with van der Waals surface area (Å²) in [5.74, 6) is 0.0316. The van der Waals surface area contributed by atoms with E-state index in [0.29, 0.717) is 11.3 Å². The Labute approximate surface area is 75.6 Å². The second-order valence-corrected chi connectivity index (χ2v) is 3.03. The number of carbonyl (C=O) groups excluding carboxylic acids is 1. The molecule has 0 atom stereocenters. The van der Waals surface area contributed by atoms with E-state index in [1.807, 2.05) is 12.1 Å². The van der Waals surface area contributed by atoms with Gasteiger partial charge in [0, 0.05) is 28.4 Å². The number of Topliss-reactive ketones (excluding diaryl/α,β-unsaturated/α-hetero) is 1. The van der Waals surface area contributed by atoms with Gasteiger partial charge in [0.1, 0.15) is 0 Å². The highest BCUT2D eigenvalue weighted by Crippen LogP contribution is 2.24. The zero-order valence-corrected chi connectivity index (χ0v) is 7.29. The normalized spacial score (nSPS) is 10.5. The van der Waals surface area contributed by atoms with Crippen LogP contribution in [0.3, 0.4) is 0 Å². The van der Waals surface area contributed by atoms with E-state index < -0.39 is 0 Å². The monoisotopic (exact) mass is 174 g/mol. The number of aromatic amines is 1. The summed E-state index contributed by atoms with van der Waals surface area (Å²) in [5, 5.41) is 0.829. The summed E-state index contributed by atoms with van der Waals surface area (Å²) in [5.41, 5.74) is 7.98. The summed E-state index contributed by atoms with van der Waals surface area (Å²) in [6.07, 6.45) is 1.70. The highest BCUT2D eigenvalue weighted by Gasteiger charge is 2.09. The molecule has 0 saturated carbocycles. The molecule has 2 rings (SSSR count). The van der Waals surface area contributed by atoms with Crippen LogP contribution in [0.4, 0.5) is 5.69 Å². The van der Waals surface area contributed by atoms with Crippen molar-refractivity contribution in [3.8, 4) is 0 Å². The van der Waals surface area contributed by atoms with E-state index >= 15 is 0 Å². The number of carbonyl (C=O) groups is 1. The first-order valence-corrected chi connectivity index (χ1v) is 4.06. The number of hydrogen-bond acceptors (Lipinski definition) is 2. The van der Waals surface area contributed by atoms with Gasteiger partial charge in [-0.2, -0.15) is 0 Å². The second kappa shape index (κ2) is 2.62. The summed E-state index contributed by atoms with van der Waals surface area (Å²) in [6.45, 7) is 1.54. The van der Waals surface area contributed by atoms with Gasteiger partial charge in [-0.25, -0.2) is 0 Å². The largest absolute Gasteiger partial charge is 0.398 e. The number of benzene rings is 1. The SMILES string of the molecule is CC(=O)c1c[nH]c2cccc(N)c12. The van der Waals surface area contributed by atoms with Crippen LogP contribution >= 0.6 is 0 Å². The Morgan fingerprint density at radius 3 is 2.92 bits per heavy atom. The first-order chi connectivity index (χ1) is 6.20. The van der Waals surface area contributed by atoms with E-state index in [-0.39, 0.29) is 5.78 Å². The number of nitrogen functional groups attached to an aromatic ring is 1. The smallest absolute Gasteiger partial charge is 0.162 e. The van der Waals surface area contributed by atoms with E-state index in [2.05, 4.69) is 4.98 Å². The average molecular weight is 174 g/mol. The van der Waals surface area contributed by atoms with Gasteiger partial charge < -0.3 is 10.7 Å². The maximum Gasteiger partial charge on any atom is 0.162 e. The van der Waals surface area contributed by atoms with E-state index in [0.717, 1.165) is 10.9 Å². The fraction of sp³-hybridized carbons (Fsp3) is 0.100. The quantitative estimate of drug-likeness (QED) is 0.512. The number of nitrogens with one attached hydrogen (secondary N) is 1. The van der Waals surface area contributed by atoms with Crippen molar-refractivity contribution < 1.29 is 4.79 Å². The van der Waals surface area contributed by atoms with Gasteiger partial charge in [-0.15, -0.1) is 0 Å². The summed E-state index contributed by atoms with van der Waals surface area (Å²) in [4.78, 5) is 14.2. The molecule has 2 aromatic rings. The van der Waals surface area contributed by atoms with Crippen molar-refractivity contribution in [2.24, 2.45) is 0 Å². The minimum Gasteiger partial charge on any atom is -0.398 e. The van der Waals surface area contributed by atoms with E-state index in [1.165, 1.54) is 6.92 Å². The maximum absolute atomic E-state index is 11.2. The van der Waals surface area contributed by atoms with Crippen molar-refractivity contribution in [2.75, 3.05) is 5.73 Å². The molecule has 3 nitrogen and oxygen atoms in total. The topological polar surface area (TPSA) is 58.9 Å². The number of H-pyrrole nitrogens is 1. The molecule has 3 heteroatoms. The maximum atomic E-state index is 11.2. The molecule has 66 valence electrons. The van der Waals surface area contributed by atoms with Crippen LogP contribution in [0.5, 0.6) is 0 Å². The van der Waals surface area contributed by atoms with Gasteiger partial charge in [-0.3, -0.25) is 4.79 Å². The third-order valence-electron chi connectivity index (χ3n) is 2.12. The van der Waals surface area contributed by atoms with Crippen LogP contribution in [0.1, 0.15) is 17.3 Å². The van der Waals surface area contributed by atoms with Gasteiger partial charge in [0.25, 0.3) is 0 Å². The van der Waals surface area contributed by atoms with Gasteiger partial charge in [-0.05, 0) is 19.1 Å². The molecule has 3 N–H and O–H groups in total. The van der Waals surface area contributed by atoms with E-state index in [1.54, 1.807) is 12.3 Å². The molecule has 0 aliphatic heterocycles. The summed E-state index contributed by atoms with van der Waals surface area (Å²) >= 11 is 0. The number of nitrogens with two attached hydrogens (primary N) is 1. The molecule has 1 aromatic heterocycles. The second-order valence-electron chi connectivity index (χ2n) is 3.03. The fourth-order valence-electron chi connectivity index (χ4n) is 1.49. The number of rotatable bonds is 1. The minimum absolute atomic E-state index is 0.0316. The average Bonchev–Trinajstić information content (AvgIpc) is 2.49. The Morgan fingerprint density at radius 2 is 2.23 bits per heavy atom. The number of anilines is 1. The number of ketones is 1. The lowest BCUT2D eigenvalue weighted by Crippen LogP contribution is -1.92. The third kappa shape index (κ3) is 1.09. The van der Waals surface area contributed by atoms with Crippen LogP contribution in [0.25, 0.3) is 10.9 Å². The molecule has 0 fully saturated rings. The highest BCUT2D eigenvalue weighted by molar-refractivity contribution is 6.10. The van der Waals surface area contributed by atoms with Crippen molar-refractivity contribution in [3.05, 3.63) is 30.0 Å². The Morgan fingerprint density at radius 1 is 1.46 bits per heavy atom. The Hall–Kier alpha value is -1.77. The molecule has 0 aliphatic carbocycles. The third-order valence-corrected chi connectivity index (χ3v) is 2.12. The van der Waals surface area contributed by atoms with Crippen molar-refractivity contribution >= 4 is 22.4 Å². The number of hydrogen-bond donors (Lipinski definition) is 2. The Kier molecular flexibility index (Phi) is 1.59. The van der Waals surface area contributed by atoms with Crippen LogP contribution in [-0.2, 0) is 0 Å². The molecule has 0 spiro atoms. The van der Waals surface area contributed by atoms with Gasteiger partial charge in [0.15, 0.2) is 5.78 Å². The summed E-state index contributed by atoms with van der Waals surface area (Å²) in [6, 6.07) is 5.55. The van der Waals surface area contributed by atoms with Gasteiger partial charge in [-0.1, -0.05) is 6.07 Å². The van der Waals surface area contributed by atoms with Crippen molar-refractivity contribution in [3.63, 3.8) is 0 Å². The van der Waals surface area contributed by atoms with Crippen molar-refractivity contribution in [1.82, 2.24) is 4.98 Å². The summed E-state index contributed by atoms with van der Waals surface area (Å²) in [7, 11) is 0. The van der Waals surface area contributed by atoms with Crippen LogP contribution in [0.2, 0.25) is 0 Å². The molecule has 0 amide bonds. The highest BCUT2D eigenvalue weighted by atomic mass is 16.1. The van der Waals surface area contributed by atoms with Gasteiger partial charge in [0.05, 0.1) is 0 Å². The van der Waals surface area contributed by atoms with Crippen molar-refractivity contribution in [1.29, 1.82) is 0 Å². The fourth-order valence-corrected chi connectivity index (χ4v) is 1.49. The van der Waals surface area contributed by atoms with Crippen LogP contribution in [0, 0.1) is 0 Å². The van der Waals surface area contributed by atoms with Crippen LogP contribution in [0.15, 0.2) is 24.4 Å². The first-order valence-electron chi connectivity index (χ1n) is 4.06. The number of fused-ring (bicyclic) bond motifs is 1. The molecular weight excluding hydrogens is 164 g/mol. The Bertz CT molecular complexity index is 471. The zero-order chi connectivity index (χ0) is 9.42. The molecule has 1 heterocycles. The molecule has 0 unspecified atom stereocenters. The molecular formula is C10H10N2O. The number of aromatic nitrogens is 1. The zero-order valence-electron chi connectivity index (χ0n) is 7.29. The van der Waals surface area contributed by atoms with Crippen LogP contribution < -0.4 is 5.73 Å². The first kappa shape index (κ1) is 7.86. The minimum atomic E-state index is 0.0316. The summed E-state index contributed by atoms with van der Waals surface area (Å²) < 4.78 is 0. The predicted molar refractivity (Wildman–Crippen MR) is 52.7 cm³/mol. The van der Waals surface area contributed by atoms with Crippen LogP contribution in [-0.4, -0.2) is 10.8 Å². The lowest BCUT2D eigenvalue weighted by molar-refractivity contribution is 0.101. The van der Waals surface area contributed by atoms with Gasteiger partial charge in [0.2, 0.25) is 0 Å². The molecule has 0 saturated heterocycles. The molecule has 0 radical (unpaired) electrons. The van der Waals surface area contributed by atoms with Gasteiger partial charge >= 0.3 is 0 Å². The molecule has 0 bridgehead atoms. The predicted octanol–water partition coefficient (Wildman–Crippen LogP) is 1.95.